The zero-order valence-corrected chi connectivity index (χ0v) is 5.32. The Hall–Kier alpha value is -1.38. The molecular weight excluding hydrogens is 128 g/mol. The van der Waals surface area contributed by atoms with Crippen LogP contribution in [0.1, 0.15) is 0 Å². The van der Waals surface area contributed by atoms with E-state index in [0.717, 1.165) is 10.6 Å². The van der Waals surface area contributed by atoms with Gasteiger partial charge >= 0.3 is 0 Å². The molecule has 0 spiro atoms. The van der Waals surface area contributed by atoms with Gasteiger partial charge in [-0.25, -0.2) is 0 Å². The first kappa shape index (κ1) is 5.41. The third-order valence-electron chi connectivity index (χ3n) is 1.38. The minimum absolute atomic E-state index is 0.638. The first-order valence-electron chi connectivity index (χ1n) is 3.06. The lowest BCUT2D eigenvalue weighted by Crippen LogP contribution is -2.31. The third kappa shape index (κ3) is 0.757. The van der Waals surface area contributed by atoms with Crippen molar-refractivity contribution in [3.05, 3.63) is 22.8 Å². The molecule has 2 rings (SSSR count). The maximum Gasteiger partial charge on any atom is 0.127 e. The van der Waals surface area contributed by atoms with Gasteiger partial charge in [0.2, 0.25) is 0 Å². The summed E-state index contributed by atoms with van der Waals surface area (Å²) >= 11 is 0. The predicted molar refractivity (Wildman–Crippen MR) is 36.2 cm³/mol. The van der Waals surface area contributed by atoms with Crippen LogP contribution in [-0.2, 0) is 4.74 Å². The van der Waals surface area contributed by atoms with Gasteiger partial charge in [0.05, 0.1) is 6.20 Å². The van der Waals surface area contributed by atoms with Gasteiger partial charge < -0.3 is 4.74 Å². The maximum absolute atomic E-state index is 5.01. The van der Waals surface area contributed by atoms with Crippen molar-refractivity contribution in [2.45, 2.75) is 0 Å². The predicted octanol–water partition coefficient (Wildman–Crippen LogP) is -0.975. The molecule has 0 aliphatic carbocycles. The summed E-state index contributed by atoms with van der Waals surface area (Å²) in [7, 11) is 0. The van der Waals surface area contributed by atoms with E-state index < -0.39 is 0 Å². The van der Waals surface area contributed by atoms with Crippen molar-refractivity contribution in [3.8, 4) is 0 Å². The molecule has 1 aliphatic heterocycles. The lowest BCUT2D eigenvalue weighted by Gasteiger charge is -1.98. The van der Waals surface area contributed by atoms with Crippen LogP contribution >= 0.6 is 0 Å². The summed E-state index contributed by atoms with van der Waals surface area (Å²) in [6.45, 7) is 0.638. The molecule has 0 bridgehead atoms. The van der Waals surface area contributed by atoms with Gasteiger partial charge in [0, 0.05) is 5.22 Å². The number of hydrogen-bond donors (Lipinski definition) is 0. The topological polar surface area (TPSA) is 35.0 Å². The average Bonchev–Trinajstić information content (AvgIpc) is 2.05. The second-order valence-electron chi connectivity index (χ2n) is 2.03. The Labute approximate surface area is 57.7 Å². The lowest BCUT2D eigenvalue weighted by molar-refractivity contribution is 0.344. The molecule has 0 unspecified atom stereocenters. The van der Waals surface area contributed by atoms with Crippen LogP contribution in [0.25, 0.3) is 12.3 Å². The van der Waals surface area contributed by atoms with Gasteiger partial charge in [0.1, 0.15) is 18.2 Å². The summed E-state index contributed by atoms with van der Waals surface area (Å²) in [6.07, 6.45) is 5.28. The molecule has 10 heavy (non-hydrogen) atoms. The fraction of sp³-hybridized carbons (Fsp3) is 0.143. The van der Waals surface area contributed by atoms with Gasteiger partial charge in [-0.15, -0.1) is 5.10 Å². The summed E-state index contributed by atoms with van der Waals surface area (Å²) in [4.78, 5) is 0. The number of ether oxygens (including phenoxy) is 1. The molecule has 0 saturated heterocycles. The summed E-state index contributed by atoms with van der Waals surface area (Å²) in [6, 6.07) is 1.92. The zero-order chi connectivity index (χ0) is 6.81. The van der Waals surface area contributed by atoms with Gasteiger partial charge in [-0.2, -0.15) is 5.10 Å². The molecule has 0 N–H and O–H groups in total. The van der Waals surface area contributed by atoms with Gasteiger partial charge in [-0.3, -0.25) is 0 Å². The van der Waals surface area contributed by atoms with Gasteiger partial charge in [0.25, 0.3) is 0 Å². The van der Waals surface area contributed by atoms with Crippen LogP contribution in [-0.4, -0.2) is 16.8 Å². The SMILES string of the molecule is C1=c2ccnnc2=COC1. The smallest absolute Gasteiger partial charge is 0.127 e. The molecular formula is C7H6N2O. The monoisotopic (exact) mass is 134 g/mol. The molecule has 50 valence electrons. The molecule has 0 saturated carbocycles. The van der Waals surface area contributed by atoms with E-state index in [9.17, 15) is 0 Å². The highest BCUT2D eigenvalue weighted by molar-refractivity contribution is 5.29. The highest BCUT2D eigenvalue weighted by atomic mass is 16.5. The number of aromatic nitrogens is 2. The Morgan fingerprint density at radius 1 is 1.50 bits per heavy atom. The van der Waals surface area contributed by atoms with Crippen LogP contribution in [0, 0.1) is 0 Å². The molecule has 3 nitrogen and oxygen atoms in total. The molecule has 0 radical (unpaired) electrons. The van der Waals surface area contributed by atoms with Crippen molar-refractivity contribution in [2.75, 3.05) is 6.61 Å². The molecule has 0 fully saturated rings. The van der Waals surface area contributed by atoms with E-state index in [1.807, 2.05) is 12.1 Å². The Bertz CT molecular complexity index is 310. The fourth-order valence-corrected chi connectivity index (χ4v) is 0.881. The van der Waals surface area contributed by atoms with Crippen LogP contribution in [0.3, 0.4) is 0 Å². The quantitative estimate of drug-likeness (QED) is 0.457. The van der Waals surface area contributed by atoms with E-state index in [0.29, 0.717) is 6.61 Å². The highest BCUT2D eigenvalue weighted by Gasteiger charge is 1.91. The van der Waals surface area contributed by atoms with Gasteiger partial charge in [0.15, 0.2) is 0 Å². The third-order valence-corrected chi connectivity index (χ3v) is 1.38. The summed E-state index contributed by atoms with van der Waals surface area (Å²) < 4.78 is 5.01. The van der Waals surface area contributed by atoms with Gasteiger partial charge in [-0.05, 0) is 12.1 Å². The van der Waals surface area contributed by atoms with E-state index in [4.69, 9.17) is 4.74 Å². The summed E-state index contributed by atoms with van der Waals surface area (Å²) in [5.74, 6) is 0. The first-order valence-corrected chi connectivity index (χ1v) is 3.06. The van der Waals surface area contributed by atoms with E-state index in [1.165, 1.54) is 0 Å². The Balaban J connectivity index is 2.84. The summed E-state index contributed by atoms with van der Waals surface area (Å²) in [5.41, 5.74) is 0. The molecule has 0 amide bonds. The van der Waals surface area contributed by atoms with E-state index in [2.05, 4.69) is 10.2 Å². The fourth-order valence-electron chi connectivity index (χ4n) is 0.881. The molecule has 1 aromatic rings. The minimum Gasteiger partial charge on any atom is -0.495 e. The molecule has 0 atom stereocenters. The lowest BCUT2D eigenvalue weighted by atomic mass is 10.3. The number of rotatable bonds is 0. The van der Waals surface area contributed by atoms with Crippen molar-refractivity contribution < 1.29 is 4.74 Å². The van der Waals surface area contributed by atoms with E-state index >= 15 is 0 Å². The van der Waals surface area contributed by atoms with Crippen LogP contribution in [0.4, 0.5) is 0 Å². The Kier molecular flexibility index (Phi) is 1.13. The van der Waals surface area contributed by atoms with Crippen LogP contribution in [0.5, 0.6) is 0 Å². The largest absolute Gasteiger partial charge is 0.495 e. The number of nitrogens with zero attached hydrogens (tertiary/aromatic N) is 2. The number of hydrogen-bond acceptors (Lipinski definition) is 3. The molecule has 1 aliphatic rings. The van der Waals surface area contributed by atoms with Crippen molar-refractivity contribution >= 4 is 12.3 Å². The minimum atomic E-state index is 0.638. The Morgan fingerprint density at radius 2 is 2.50 bits per heavy atom. The van der Waals surface area contributed by atoms with Crippen molar-refractivity contribution in [1.29, 1.82) is 0 Å². The molecule has 0 aromatic carbocycles. The van der Waals surface area contributed by atoms with Crippen molar-refractivity contribution in [1.82, 2.24) is 10.2 Å². The summed E-state index contributed by atoms with van der Waals surface area (Å²) in [5, 5.41) is 9.49. The van der Waals surface area contributed by atoms with E-state index in [1.54, 1.807) is 12.5 Å². The van der Waals surface area contributed by atoms with Gasteiger partial charge in [-0.1, -0.05) is 0 Å². The molecule has 3 heteroatoms. The molecule has 1 aromatic heterocycles. The standard InChI is InChI=1S/C7H6N2O/c1-3-8-9-7-5-10-4-2-6(1)7/h1-3,5H,4H2. The average molecular weight is 134 g/mol. The normalized spacial score (nSPS) is 14.0. The number of fused-ring (bicyclic) bond motifs is 1. The second-order valence-corrected chi connectivity index (χ2v) is 2.03. The van der Waals surface area contributed by atoms with Crippen LogP contribution < -0.4 is 10.6 Å². The van der Waals surface area contributed by atoms with E-state index in [-0.39, 0.29) is 0 Å². The van der Waals surface area contributed by atoms with Crippen molar-refractivity contribution in [3.63, 3.8) is 0 Å². The Morgan fingerprint density at radius 3 is 3.40 bits per heavy atom. The second kappa shape index (κ2) is 2.10. The first-order chi connectivity index (χ1) is 4.97. The maximum atomic E-state index is 5.01. The highest BCUT2D eigenvalue weighted by Crippen LogP contribution is 1.78. The zero-order valence-electron chi connectivity index (χ0n) is 5.32. The molecule has 2 heterocycles. The van der Waals surface area contributed by atoms with Crippen molar-refractivity contribution in [2.24, 2.45) is 0 Å². The van der Waals surface area contributed by atoms with Crippen LogP contribution in [0.15, 0.2) is 12.3 Å². The van der Waals surface area contributed by atoms with Crippen LogP contribution in [0.2, 0.25) is 0 Å².